The van der Waals surface area contributed by atoms with Crippen LogP contribution in [0.1, 0.15) is 23.5 Å². The molecule has 0 saturated heterocycles. The molecule has 1 aliphatic rings. The Bertz CT molecular complexity index is 359. The van der Waals surface area contributed by atoms with Gasteiger partial charge in [-0.05, 0) is 19.8 Å². The van der Waals surface area contributed by atoms with Crippen molar-refractivity contribution < 1.29 is 4.79 Å². The maximum Gasteiger partial charge on any atom is 0.317 e. The van der Waals surface area contributed by atoms with Crippen molar-refractivity contribution in [1.82, 2.24) is 15.2 Å². The smallest absolute Gasteiger partial charge is 0.317 e. The fraction of sp³-hybridized carbons (Fsp3) is 0.600. The average molecular weight is 225 g/mol. The van der Waals surface area contributed by atoms with E-state index in [9.17, 15) is 4.79 Å². The molecule has 0 radical (unpaired) electrons. The molecule has 4 nitrogen and oxygen atoms in total. The molecule has 1 aromatic heterocycles. The van der Waals surface area contributed by atoms with Crippen LogP contribution in [0.15, 0.2) is 5.38 Å². The molecule has 0 bridgehead atoms. The lowest BCUT2D eigenvalue weighted by atomic mass is 10.4. The Morgan fingerprint density at radius 2 is 2.47 bits per heavy atom. The van der Waals surface area contributed by atoms with E-state index in [1.54, 1.807) is 23.3 Å². The van der Waals surface area contributed by atoms with Gasteiger partial charge in [-0.3, -0.25) is 0 Å². The van der Waals surface area contributed by atoms with Gasteiger partial charge >= 0.3 is 6.03 Å². The number of urea groups is 1. The van der Waals surface area contributed by atoms with E-state index in [0.717, 1.165) is 23.5 Å². The van der Waals surface area contributed by atoms with E-state index in [-0.39, 0.29) is 6.03 Å². The summed E-state index contributed by atoms with van der Waals surface area (Å²) in [4.78, 5) is 17.6. The first-order valence-corrected chi connectivity index (χ1v) is 5.96. The predicted octanol–water partition coefficient (Wildman–Crippen LogP) is 1.76. The van der Waals surface area contributed by atoms with Gasteiger partial charge in [0.15, 0.2) is 0 Å². The summed E-state index contributed by atoms with van der Waals surface area (Å²) in [6.07, 6.45) is 2.24. The third-order valence-corrected chi connectivity index (χ3v) is 3.14. The Hall–Kier alpha value is -1.10. The van der Waals surface area contributed by atoms with Crippen LogP contribution in [0.5, 0.6) is 0 Å². The molecule has 0 spiro atoms. The van der Waals surface area contributed by atoms with Crippen molar-refractivity contribution in [2.75, 3.05) is 7.05 Å². The van der Waals surface area contributed by atoms with Gasteiger partial charge in [-0.15, -0.1) is 11.3 Å². The molecule has 0 unspecified atom stereocenters. The molecule has 2 amide bonds. The molecule has 2 rings (SSSR count). The van der Waals surface area contributed by atoms with E-state index < -0.39 is 0 Å². The number of aromatic nitrogens is 1. The van der Waals surface area contributed by atoms with E-state index in [4.69, 9.17) is 0 Å². The Morgan fingerprint density at radius 1 is 1.73 bits per heavy atom. The minimum absolute atomic E-state index is 0.00292. The summed E-state index contributed by atoms with van der Waals surface area (Å²) in [7, 11) is 1.80. The second-order valence-electron chi connectivity index (χ2n) is 3.94. The van der Waals surface area contributed by atoms with E-state index in [1.165, 1.54) is 0 Å². The Labute approximate surface area is 93.3 Å². The van der Waals surface area contributed by atoms with Crippen LogP contribution < -0.4 is 5.32 Å². The van der Waals surface area contributed by atoms with Crippen LogP contribution in [0.25, 0.3) is 0 Å². The topological polar surface area (TPSA) is 45.2 Å². The average Bonchev–Trinajstić information content (AvgIpc) is 2.90. The van der Waals surface area contributed by atoms with Gasteiger partial charge in [0.1, 0.15) is 0 Å². The number of carbonyl (C=O) groups is 1. The van der Waals surface area contributed by atoms with Gasteiger partial charge < -0.3 is 10.2 Å². The minimum Gasteiger partial charge on any atom is -0.335 e. The molecule has 82 valence electrons. The van der Waals surface area contributed by atoms with Gasteiger partial charge in [-0.25, -0.2) is 9.78 Å². The summed E-state index contributed by atoms with van der Waals surface area (Å²) in [5.74, 6) is 0. The third-order valence-electron chi connectivity index (χ3n) is 2.32. The monoisotopic (exact) mass is 225 g/mol. The molecule has 0 atom stereocenters. The molecule has 1 saturated carbocycles. The number of nitrogens with one attached hydrogen (secondary N) is 1. The Kier molecular flexibility index (Phi) is 2.90. The lowest BCUT2D eigenvalue weighted by Crippen LogP contribution is -2.38. The van der Waals surface area contributed by atoms with E-state index in [1.807, 2.05) is 12.3 Å². The highest BCUT2D eigenvalue weighted by atomic mass is 32.1. The summed E-state index contributed by atoms with van der Waals surface area (Å²) in [6, 6.07) is 0.417. The summed E-state index contributed by atoms with van der Waals surface area (Å²) in [6.45, 7) is 2.56. The first kappa shape index (κ1) is 10.4. The first-order chi connectivity index (χ1) is 7.15. The van der Waals surface area contributed by atoms with Crippen LogP contribution in [0.3, 0.4) is 0 Å². The van der Waals surface area contributed by atoms with Gasteiger partial charge in [0.2, 0.25) is 0 Å². The number of carbonyl (C=O) groups excluding carboxylic acids is 1. The zero-order valence-corrected chi connectivity index (χ0v) is 9.80. The number of hydrogen-bond donors (Lipinski definition) is 1. The fourth-order valence-electron chi connectivity index (χ4n) is 1.31. The highest BCUT2D eigenvalue weighted by molar-refractivity contribution is 7.09. The number of nitrogens with zero attached hydrogens (tertiary/aromatic N) is 2. The van der Waals surface area contributed by atoms with Crippen LogP contribution in [0.2, 0.25) is 0 Å². The molecule has 1 aromatic rings. The van der Waals surface area contributed by atoms with Crippen LogP contribution in [-0.4, -0.2) is 29.0 Å². The number of amides is 2. The van der Waals surface area contributed by atoms with E-state index in [2.05, 4.69) is 10.3 Å². The molecule has 1 aliphatic carbocycles. The fourth-order valence-corrected chi connectivity index (χ4v) is 1.91. The van der Waals surface area contributed by atoms with Crippen molar-refractivity contribution in [3.63, 3.8) is 0 Å². The zero-order valence-electron chi connectivity index (χ0n) is 8.99. The van der Waals surface area contributed by atoms with Crippen LogP contribution in [0, 0.1) is 6.92 Å². The molecule has 15 heavy (non-hydrogen) atoms. The largest absolute Gasteiger partial charge is 0.335 e. The third kappa shape index (κ3) is 2.92. The van der Waals surface area contributed by atoms with Crippen molar-refractivity contribution in [2.45, 2.75) is 32.4 Å². The SMILES string of the molecule is Cc1nc(CN(C)C(=O)NC2CC2)cs1. The van der Waals surface area contributed by atoms with Gasteiger partial charge in [-0.1, -0.05) is 0 Å². The molecular formula is C10H15N3OS. The highest BCUT2D eigenvalue weighted by Gasteiger charge is 2.24. The molecule has 1 fully saturated rings. The molecule has 0 aliphatic heterocycles. The highest BCUT2D eigenvalue weighted by Crippen LogP contribution is 2.19. The minimum atomic E-state index is 0.00292. The molecule has 1 N–H and O–H groups in total. The van der Waals surface area contributed by atoms with Gasteiger partial charge in [0, 0.05) is 18.5 Å². The van der Waals surface area contributed by atoms with Crippen LogP contribution in [0.4, 0.5) is 4.79 Å². The quantitative estimate of drug-likeness (QED) is 0.852. The van der Waals surface area contributed by atoms with Crippen molar-refractivity contribution in [1.29, 1.82) is 0 Å². The van der Waals surface area contributed by atoms with Crippen molar-refractivity contribution in [3.8, 4) is 0 Å². The maximum absolute atomic E-state index is 11.6. The Balaban J connectivity index is 1.84. The first-order valence-electron chi connectivity index (χ1n) is 5.08. The van der Waals surface area contributed by atoms with Crippen molar-refractivity contribution >= 4 is 17.4 Å². The lowest BCUT2D eigenvalue weighted by Gasteiger charge is -2.16. The summed E-state index contributed by atoms with van der Waals surface area (Å²) >= 11 is 1.61. The summed E-state index contributed by atoms with van der Waals surface area (Å²) < 4.78 is 0. The normalized spacial score (nSPS) is 15.1. The molecular weight excluding hydrogens is 210 g/mol. The standard InChI is InChI=1S/C10H15N3OS/c1-7-11-9(6-15-7)5-13(2)10(14)12-8-3-4-8/h6,8H,3-5H2,1-2H3,(H,12,14). The number of hydrogen-bond acceptors (Lipinski definition) is 3. The van der Waals surface area contributed by atoms with E-state index in [0.29, 0.717) is 12.6 Å². The lowest BCUT2D eigenvalue weighted by molar-refractivity contribution is 0.206. The van der Waals surface area contributed by atoms with Crippen molar-refractivity contribution in [2.24, 2.45) is 0 Å². The molecule has 5 heteroatoms. The second kappa shape index (κ2) is 4.18. The molecule has 0 aromatic carbocycles. The molecule has 1 heterocycles. The summed E-state index contributed by atoms with van der Waals surface area (Å²) in [5, 5.41) is 5.98. The predicted molar refractivity (Wildman–Crippen MR) is 59.9 cm³/mol. The number of thiazole rings is 1. The number of rotatable bonds is 3. The van der Waals surface area contributed by atoms with Gasteiger partial charge in [0.25, 0.3) is 0 Å². The maximum atomic E-state index is 11.6. The summed E-state index contributed by atoms with van der Waals surface area (Å²) in [5.41, 5.74) is 0.964. The second-order valence-corrected chi connectivity index (χ2v) is 5.00. The van der Waals surface area contributed by atoms with E-state index >= 15 is 0 Å². The van der Waals surface area contributed by atoms with Crippen LogP contribution >= 0.6 is 11.3 Å². The van der Waals surface area contributed by atoms with Crippen molar-refractivity contribution in [3.05, 3.63) is 16.1 Å². The Morgan fingerprint density at radius 3 is 3.00 bits per heavy atom. The van der Waals surface area contributed by atoms with Gasteiger partial charge in [-0.2, -0.15) is 0 Å². The zero-order chi connectivity index (χ0) is 10.8. The van der Waals surface area contributed by atoms with Gasteiger partial charge in [0.05, 0.1) is 17.2 Å². The van der Waals surface area contributed by atoms with Crippen LogP contribution in [-0.2, 0) is 6.54 Å². The number of aryl methyl sites for hydroxylation is 1.